The smallest absolute Gasteiger partial charge is 0.260 e. The molecular formula is C56H64N6O8S2. The van der Waals surface area contributed by atoms with Gasteiger partial charge >= 0.3 is 0 Å². The minimum Gasteiger partial charge on any atom is -0.493 e. The lowest BCUT2D eigenvalue weighted by atomic mass is 10.1. The first kappa shape index (κ1) is 50.4. The number of fused-ring (bicyclic) bond motifs is 8. The normalized spacial score (nSPS) is 17.1. The van der Waals surface area contributed by atoms with Crippen LogP contribution in [0.3, 0.4) is 0 Å². The van der Waals surface area contributed by atoms with E-state index in [0.29, 0.717) is 70.7 Å². The fourth-order valence-electron chi connectivity index (χ4n) is 10.0. The molecule has 0 fully saturated rings. The largest absolute Gasteiger partial charge is 0.493 e. The Labute approximate surface area is 430 Å². The number of hydrogen-bond acceptors (Lipinski definition) is 12. The van der Waals surface area contributed by atoms with Gasteiger partial charge in [-0.05, 0) is 96.8 Å². The molecule has 0 aliphatic carbocycles. The maximum Gasteiger partial charge on any atom is 0.260 e. The molecule has 0 aromatic heterocycles. The zero-order valence-electron chi connectivity index (χ0n) is 41.8. The number of nitrogens with one attached hydrogen (secondary N) is 4. The van der Waals surface area contributed by atoms with Gasteiger partial charge in [-0.1, -0.05) is 85.7 Å². The molecule has 0 bridgehead atoms. The number of carbonyl (C=O) groups excluding carboxylic acids is 4. The summed E-state index contributed by atoms with van der Waals surface area (Å²) >= 11 is 0. The molecule has 0 saturated carbocycles. The van der Waals surface area contributed by atoms with Crippen LogP contribution >= 0.6 is 21.6 Å². The standard InChI is InChI=1S/C56H64N6O8S2/c1-7-39(8-2)59-53(63)18-17-33(3)71-72-34(4)19-54(64)60-40-21-35(31-69-51-27-45-43(25-49(51)67-5)55(65)61-41(29-57-45)23-37-13-9-11-15-47(37)61)20-36(22-40)32-70-52-28-46-44(26-50(52)68-6)56(66)62-42(30-58-46)24-38-14-10-12-16-48(38)62/h9-16,20-22,25-28,33-34,39,41-42,57-58H,7-8,17-19,23-24,29-32H2,1-6H3,(H,59,63)(H,60,64)/t33?,34?,41-,42?/m0/s1. The van der Waals surface area contributed by atoms with Gasteiger partial charge in [0.25, 0.3) is 11.8 Å². The third kappa shape index (κ3) is 11.1. The lowest BCUT2D eigenvalue weighted by molar-refractivity contribution is -0.122. The fourth-order valence-corrected chi connectivity index (χ4v) is 12.5. The average molecular weight is 1010 g/mol. The molecule has 4 N–H and O–H groups in total. The van der Waals surface area contributed by atoms with Crippen molar-refractivity contribution in [3.8, 4) is 23.0 Å². The number of nitrogens with zero attached hydrogens (tertiary/aromatic N) is 2. The van der Waals surface area contributed by atoms with Gasteiger partial charge in [0.1, 0.15) is 13.2 Å². The summed E-state index contributed by atoms with van der Waals surface area (Å²) in [5, 5.41) is 13.5. The summed E-state index contributed by atoms with van der Waals surface area (Å²) in [6, 6.07) is 29.1. The van der Waals surface area contributed by atoms with Crippen LogP contribution in [0.5, 0.6) is 23.0 Å². The van der Waals surface area contributed by atoms with E-state index in [-0.39, 0.29) is 71.9 Å². The van der Waals surface area contributed by atoms with Crippen LogP contribution in [-0.2, 0) is 35.6 Å². The van der Waals surface area contributed by atoms with Crippen LogP contribution in [0.1, 0.15) is 103 Å². The minimum absolute atomic E-state index is 0.00437. The summed E-state index contributed by atoms with van der Waals surface area (Å²) in [7, 11) is 6.46. The quantitative estimate of drug-likeness (QED) is 0.0548. The summed E-state index contributed by atoms with van der Waals surface area (Å²) in [4.78, 5) is 58.2. The summed E-state index contributed by atoms with van der Waals surface area (Å²) in [6.07, 6.45) is 4.87. The van der Waals surface area contributed by atoms with Gasteiger partial charge in [0.2, 0.25) is 11.8 Å². The van der Waals surface area contributed by atoms with Gasteiger partial charge in [-0.2, -0.15) is 0 Å². The van der Waals surface area contributed by atoms with E-state index in [1.165, 1.54) is 0 Å². The van der Waals surface area contributed by atoms with Crippen molar-refractivity contribution in [1.82, 2.24) is 5.32 Å². The van der Waals surface area contributed by atoms with Crippen molar-refractivity contribution < 1.29 is 38.1 Å². The van der Waals surface area contributed by atoms with Crippen LogP contribution in [0.25, 0.3) is 0 Å². The number of anilines is 5. The second kappa shape index (κ2) is 22.5. The zero-order valence-corrected chi connectivity index (χ0v) is 43.4. The molecule has 4 heterocycles. The van der Waals surface area contributed by atoms with Crippen molar-refractivity contribution in [3.63, 3.8) is 0 Å². The van der Waals surface area contributed by atoms with Gasteiger partial charge in [-0.25, -0.2) is 0 Å². The van der Waals surface area contributed by atoms with Crippen molar-refractivity contribution in [1.29, 1.82) is 0 Å². The molecule has 4 aliphatic rings. The van der Waals surface area contributed by atoms with Gasteiger partial charge in [-0.3, -0.25) is 19.2 Å². The van der Waals surface area contributed by atoms with Crippen LogP contribution in [0.15, 0.2) is 91.0 Å². The van der Waals surface area contributed by atoms with E-state index < -0.39 is 0 Å². The third-order valence-corrected chi connectivity index (χ3v) is 17.3. The first-order valence-electron chi connectivity index (χ1n) is 25.0. The summed E-state index contributed by atoms with van der Waals surface area (Å²) in [6.45, 7) is 9.67. The number of rotatable bonds is 20. The summed E-state index contributed by atoms with van der Waals surface area (Å²) in [5.41, 5.74) is 8.58. The first-order chi connectivity index (χ1) is 34.9. The lowest BCUT2D eigenvalue weighted by Crippen LogP contribution is -2.39. The van der Waals surface area contributed by atoms with Gasteiger partial charge in [0, 0.05) is 71.7 Å². The molecule has 0 radical (unpaired) electrons. The number of carbonyl (C=O) groups is 4. The number of hydrogen-bond donors (Lipinski definition) is 4. The topological polar surface area (TPSA) is 160 Å². The van der Waals surface area contributed by atoms with Gasteiger partial charge in [-0.15, -0.1) is 0 Å². The molecule has 0 spiro atoms. The maximum atomic E-state index is 14.1. The van der Waals surface area contributed by atoms with Crippen molar-refractivity contribution >= 4 is 73.7 Å². The van der Waals surface area contributed by atoms with E-state index in [1.54, 1.807) is 47.9 Å². The highest BCUT2D eigenvalue weighted by atomic mass is 33.1. The van der Waals surface area contributed by atoms with Gasteiger partial charge in [0.05, 0.1) is 48.8 Å². The Morgan fingerprint density at radius 3 is 1.67 bits per heavy atom. The van der Waals surface area contributed by atoms with E-state index in [1.807, 2.05) is 83.5 Å². The second-order valence-corrected chi connectivity index (χ2v) is 22.1. The zero-order chi connectivity index (χ0) is 50.5. The van der Waals surface area contributed by atoms with Crippen molar-refractivity contribution in [2.24, 2.45) is 0 Å². The second-order valence-electron chi connectivity index (χ2n) is 19.0. The molecule has 9 rings (SSSR count). The average Bonchev–Trinajstić information content (AvgIpc) is 3.88. The van der Waals surface area contributed by atoms with E-state index >= 15 is 0 Å². The molecule has 4 aliphatic heterocycles. The monoisotopic (exact) mass is 1010 g/mol. The molecule has 4 atom stereocenters. The predicted octanol–water partition coefficient (Wildman–Crippen LogP) is 10.4. The number of amides is 4. The molecule has 5 aromatic rings. The molecule has 378 valence electrons. The Bertz CT molecular complexity index is 2680. The summed E-state index contributed by atoms with van der Waals surface area (Å²) in [5.74, 6) is 1.49. The number of para-hydroxylation sites is 2. The van der Waals surface area contributed by atoms with Crippen LogP contribution in [-0.4, -0.2) is 79.6 Å². The van der Waals surface area contributed by atoms with Crippen LogP contribution in [0.2, 0.25) is 0 Å². The molecule has 0 saturated heterocycles. The summed E-state index contributed by atoms with van der Waals surface area (Å²) < 4.78 is 24.7. The molecule has 4 amide bonds. The Morgan fingerprint density at radius 1 is 0.667 bits per heavy atom. The number of ether oxygens (including phenoxy) is 4. The van der Waals surface area contributed by atoms with Crippen LogP contribution in [0, 0.1) is 0 Å². The Hall–Kier alpha value is -6.52. The fraction of sp³-hybridized carbons (Fsp3) is 0.393. The van der Waals surface area contributed by atoms with E-state index in [2.05, 4.69) is 54.2 Å². The maximum absolute atomic E-state index is 14.1. The van der Waals surface area contributed by atoms with Crippen LogP contribution < -0.4 is 50.0 Å². The van der Waals surface area contributed by atoms with E-state index in [9.17, 15) is 19.2 Å². The first-order valence-corrected chi connectivity index (χ1v) is 27.3. The Morgan fingerprint density at radius 2 is 1.17 bits per heavy atom. The van der Waals surface area contributed by atoms with Gasteiger partial charge < -0.3 is 50.0 Å². The lowest BCUT2D eigenvalue weighted by Gasteiger charge is -2.23. The molecule has 72 heavy (non-hydrogen) atoms. The highest BCUT2D eigenvalue weighted by molar-refractivity contribution is 8.77. The Balaban J connectivity index is 0.913. The van der Waals surface area contributed by atoms with Gasteiger partial charge in [0.15, 0.2) is 23.0 Å². The predicted molar refractivity (Wildman–Crippen MR) is 289 cm³/mol. The molecule has 16 heteroatoms. The highest BCUT2D eigenvalue weighted by Crippen LogP contribution is 2.43. The molecular weight excluding hydrogens is 949 g/mol. The van der Waals surface area contributed by atoms with Crippen LogP contribution in [0.4, 0.5) is 28.4 Å². The van der Waals surface area contributed by atoms with E-state index in [4.69, 9.17) is 18.9 Å². The number of methoxy groups -OCH3 is 2. The third-order valence-electron chi connectivity index (χ3n) is 13.8. The van der Waals surface area contributed by atoms with Crippen molar-refractivity contribution in [3.05, 3.63) is 124 Å². The molecule has 14 nitrogen and oxygen atoms in total. The highest BCUT2D eigenvalue weighted by Gasteiger charge is 2.39. The Kier molecular flexibility index (Phi) is 15.8. The SMILES string of the molecule is CCC(CC)NC(=O)CCC(C)SSC(C)CC(=O)Nc1cc(COc2cc3c(cc2OC)C(=O)N2c4ccccc4CC2CN3)cc(COc2cc3c(cc2OC)C(=O)N2c4ccccc4C[C@H]2CN3)c1. The minimum atomic E-state index is -0.143. The van der Waals surface area contributed by atoms with Crippen molar-refractivity contribution in [2.45, 2.75) is 114 Å². The molecule has 3 unspecified atom stereocenters. The van der Waals surface area contributed by atoms with Crippen molar-refractivity contribution in [2.75, 3.05) is 53.1 Å². The molecule has 5 aromatic carbocycles. The van der Waals surface area contributed by atoms with E-state index in [0.717, 1.165) is 65.7 Å². The number of benzene rings is 5.